The number of nitrogens with one attached hydrogen (secondary N) is 2. The van der Waals surface area contributed by atoms with Crippen LogP contribution in [-0.2, 0) is 17.6 Å². The number of pyridine rings is 1. The zero-order valence-electron chi connectivity index (χ0n) is 14.4. The van der Waals surface area contributed by atoms with Crippen molar-refractivity contribution in [3.8, 4) is 0 Å². The predicted molar refractivity (Wildman–Crippen MR) is 101 cm³/mol. The van der Waals surface area contributed by atoms with Gasteiger partial charge in [-0.05, 0) is 43.4 Å². The van der Waals surface area contributed by atoms with Crippen molar-refractivity contribution in [3.63, 3.8) is 0 Å². The van der Waals surface area contributed by atoms with E-state index in [0.717, 1.165) is 33.6 Å². The third kappa shape index (κ3) is 4.54. The van der Waals surface area contributed by atoms with Crippen LogP contribution in [0.5, 0.6) is 0 Å². The van der Waals surface area contributed by atoms with Crippen molar-refractivity contribution in [3.05, 3.63) is 61.8 Å². The van der Waals surface area contributed by atoms with Crippen molar-refractivity contribution in [1.82, 2.24) is 15.3 Å². The molecule has 0 unspecified atom stereocenters. The summed E-state index contributed by atoms with van der Waals surface area (Å²) in [5, 5.41) is 6.92. The lowest BCUT2D eigenvalue weighted by molar-refractivity contribution is -0.121. The van der Waals surface area contributed by atoms with Gasteiger partial charge >= 0.3 is 0 Å². The summed E-state index contributed by atoms with van der Waals surface area (Å²) in [4.78, 5) is 31.4. The summed E-state index contributed by atoms with van der Waals surface area (Å²) in [6, 6.07) is 7.82. The average molecular weight is 355 g/mol. The number of aromatic nitrogens is 2. The standard InChI is InChI=1S/C19H21N3O2S/c1-12-3-4-14-10-15(19(24)22-17(14)9-12)5-6-18(23)20-8-7-16-11-25-13(2)21-16/h3-4,9-11H,5-8H2,1-2H3,(H,20,23)(H,22,24). The van der Waals surface area contributed by atoms with E-state index in [1.807, 2.05) is 43.5 Å². The van der Waals surface area contributed by atoms with Gasteiger partial charge in [-0.25, -0.2) is 4.98 Å². The summed E-state index contributed by atoms with van der Waals surface area (Å²) < 4.78 is 0. The molecule has 3 aromatic rings. The highest BCUT2D eigenvalue weighted by molar-refractivity contribution is 7.09. The molecule has 0 bridgehead atoms. The number of fused-ring (bicyclic) bond motifs is 1. The van der Waals surface area contributed by atoms with Crippen LogP contribution in [0.4, 0.5) is 0 Å². The van der Waals surface area contributed by atoms with E-state index in [0.29, 0.717) is 24.9 Å². The number of benzene rings is 1. The molecule has 0 fully saturated rings. The number of hydrogen-bond donors (Lipinski definition) is 2. The van der Waals surface area contributed by atoms with Crippen LogP contribution in [0.1, 0.15) is 28.2 Å². The van der Waals surface area contributed by atoms with Gasteiger partial charge in [-0.2, -0.15) is 0 Å². The topological polar surface area (TPSA) is 74.8 Å². The van der Waals surface area contributed by atoms with Crippen LogP contribution in [0.3, 0.4) is 0 Å². The number of rotatable bonds is 6. The number of carbonyl (C=O) groups excluding carboxylic acids is 1. The van der Waals surface area contributed by atoms with Crippen LogP contribution < -0.4 is 10.9 Å². The number of hydrogen-bond acceptors (Lipinski definition) is 4. The summed E-state index contributed by atoms with van der Waals surface area (Å²) in [6.45, 7) is 4.52. The first-order chi connectivity index (χ1) is 12.0. The van der Waals surface area contributed by atoms with Gasteiger partial charge in [-0.3, -0.25) is 9.59 Å². The van der Waals surface area contributed by atoms with Gasteiger partial charge in [0.05, 0.1) is 10.7 Å². The molecule has 2 heterocycles. The molecule has 0 aliphatic heterocycles. The summed E-state index contributed by atoms with van der Waals surface area (Å²) in [5.74, 6) is -0.0460. The summed E-state index contributed by atoms with van der Waals surface area (Å²) in [6.07, 6.45) is 1.46. The maximum Gasteiger partial charge on any atom is 0.251 e. The molecule has 25 heavy (non-hydrogen) atoms. The fourth-order valence-electron chi connectivity index (χ4n) is 2.74. The number of carbonyl (C=O) groups is 1. The van der Waals surface area contributed by atoms with Crippen molar-refractivity contribution in [2.24, 2.45) is 0 Å². The van der Waals surface area contributed by atoms with Crippen LogP contribution in [0.25, 0.3) is 10.9 Å². The highest BCUT2D eigenvalue weighted by atomic mass is 32.1. The Hall–Kier alpha value is -2.47. The van der Waals surface area contributed by atoms with Crippen molar-refractivity contribution < 1.29 is 4.79 Å². The molecule has 0 atom stereocenters. The van der Waals surface area contributed by atoms with Gasteiger partial charge in [-0.1, -0.05) is 12.1 Å². The Kier molecular flexibility index (Phi) is 5.28. The molecule has 0 radical (unpaired) electrons. The van der Waals surface area contributed by atoms with Crippen molar-refractivity contribution in [2.75, 3.05) is 6.54 Å². The SMILES string of the molecule is Cc1ccc2cc(CCC(=O)NCCc3csc(C)n3)c(=O)[nH]c2c1. The minimum Gasteiger partial charge on any atom is -0.356 e. The molecular formula is C19H21N3O2S. The molecule has 0 aliphatic rings. The van der Waals surface area contributed by atoms with Gasteiger partial charge in [0.1, 0.15) is 0 Å². The molecule has 1 amide bonds. The van der Waals surface area contributed by atoms with Gasteiger partial charge < -0.3 is 10.3 Å². The fraction of sp³-hybridized carbons (Fsp3) is 0.316. The maximum atomic E-state index is 12.2. The molecule has 0 saturated carbocycles. The quantitative estimate of drug-likeness (QED) is 0.714. The Morgan fingerprint density at radius 3 is 2.84 bits per heavy atom. The van der Waals surface area contributed by atoms with E-state index < -0.39 is 0 Å². The Morgan fingerprint density at radius 2 is 2.08 bits per heavy atom. The zero-order chi connectivity index (χ0) is 17.8. The maximum absolute atomic E-state index is 12.2. The molecule has 0 spiro atoms. The minimum absolute atomic E-state index is 0.0460. The molecule has 1 aromatic carbocycles. The van der Waals surface area contributed by atoms with E-state index in [9.17, 15) is 9.59 Å². The van der Waals surface area contributed by atoms with Crippen LogP contribution in [-0.4, -0.2) is 22.4 Å². The number of nitrogens with zero attached hydrogens (tertiary/aromatic N) is 1. The van der Waals surface area contributed by atoms with Gasteiger partial charge in [0, 0.05) is 35.8 Å². The molecule has 5 nitrogen and oxygen atoms in total. The van der Waals surface area contributed by atoms with E-state index in [1.54, 1.807) is 11.3 Å². The molecule has 0 saturated heterocycles. The molecule has 6 heteroatoms. The summed E-state index contributed by atoms with van der Waals surface area (Å²) >= 11 is 1.61. The third-order valence-corrected chi connectivity index (χ3v) is 4.89. The predicted octanol–water partition coefficient (Wildman–Crippen LogP) is 2.89. The second-order valence-electron chi connectivity index (χ2n) is 6.17. The van der Waals surface area contributed by atoms with E-state index in [-0.39, 0.29) is 11.5 Å². The smallest absolute Gasteiger partial charge is 0.251 e. The number of amides is 1. The average Bonchev–Trinajstić information content (AvgIpc) is 2.98. The Bertz CT molecular complexity index is 959. The number of thiazole rings is 1. The molecule has 2 aromatic heterocycles. The first-order valence-corrected chi connectivity index (χ1v) is 9.19. The van der Waals surface area contributed by atoms with Crippen molar-refractivity contribution in [1.29, 1.82) is 0 Å². The lowest BCUT2D eigenvalue weighted by Gasteiger charge is -2.06. The lowest BCUT2D eigenvalue weighted by atomic mass is 10.1. The monoisotopic (exact) mass is 355 g/mol. The molecule has 2 N–H and O–H groups in total. The second kappa shape index (κ2) is 7.61. The van der Waals surface area contributed by atoms with Gasteiger partial charge in [0.2, 0.25) is 5.91 Å². The van der Waals surface area contributed by atoms with Gasteiger partial charge in [0.15, 0.2) is 0 Å². The normalized spacial score (nSPS) is 11.0. The van der Waals surface area contributed by atoms with E-state index in [2.05, 4.69) is 15.3 Å². The van der Waals surface area contributed by atoms with Crippen LogP contribution >= 0.6 is 11.3 Å². The molecular weight excluding hydrogens is 334 g/mol. The van der Waals surface area contributed by atoms with E-state index in [4.69, 9.17) is 0 Å². The van der Waals surface area contributed by atoms with Crippen molar-refractivity contribution in [2.45, 2.75) is 33.1 Å². The Labute approximate surface area is 150 Å². The highest BCUT2D eigenvalue weighted by Gasteiger charge is 2.07. The lowest BCUT2D eigenvalue weighted by Crippen LogP contribution is -2.26. The van der Waals surface area contributed by atoms with E-state index in [1.165, 1.54) is 0 Å². The van der Waals surface area contributed by atoms with E-state index >= 15 is 0 Å². The highest BCUT2D eigenvalue weighted by Crippen LogP contribution is 2.13. The molecule has 3 rings (SSSR count). The van der Waals surface area contributed by atoms with Crippen LogP contribution in [0.2, 0.25) is 0 Å². The van der Waals surface area contributed by atoms with Gasteiger partial charge in [0.25, 0.3) is 5.56 Å². The number of H-pyrrole nitrogens is 1. The van der Waals surface area contributed by atoms with Crippen LogP contribution in [0.15, 0.2) is 34.4 Å². The molecule has 0 aliphatic carbocycles. The summed E-state index contributed by atoms with van der Waals surface area (Å²) in [5.41, 5.74) is 3.46. The first kappa shape index (κ1) is 17.4. The first-order valence-electron chi connectivity index (χ1n) is 8.31. The molecule has 130 valence electrons. The van der Waals surface area contributed by atoms with Gasteiger partial charge in [-0.15, -0.1) is 11.3 Å². The van der Waals surface area contributed by atoms with Crippen molar-refractivity contribution >= 4 is 28.1 Å². The summed E-state index contributed by atoms with van der Waals surface area (Å²) in [7, 11) is 0. The number of aromatic amines is 1. The fourth-order valence-corrected chi connectivity index (χ4v) is 3.38. The third-order valence-electron chi connectivity index (χ3n) is 4.07. The number of aryl methyl sites for hydroxylation is 3. The van der Waals surface area contributed by atoms with Crippen LogP contribution in [0, 0.1) is 13.8 Å². The Balaban J connectivity index is 1.54. The Morgan fingerprint density at radius 1 is 1.24 bits per heavy atom. The second-order valence-corrected chi connectivity index (χ2v) is 7.23. The largest absolute Gasteiger partial charge is 0.356 e. The zero-order valence-corrected chi connectivity index (χ0v) is 15.2. The minimum atomic E-state index is -0.121.